The number of esters is 1. The molecule has 0 radical (unpaired) electrons. The van der Waals surface area contributed by atoms with Crippen LogP contribution in [0.5, 0.6) is 17.2 Å². The minimum Gasteiger partial charge on any atom is -0.493 e. The minimum atomic E-state index is -1.06. The monoisotopic (exact) mass is 439 g/mol. The lowest BCUT2D eigenvalue weighted by molar-refractivity contribution is -0.164. The Hall–Kier alpha value is -3.21. The zero-order valence-corrected chi connectivity index (χ0v) is 18.1. The van der Waals surface area contributed by atoms with Gasteiger partial charge in [-0.15, -0.1) is 0 Å². The number of nitrogens with one attached hydrogen (secondary N) is 1. The van der Waals surface area contributed by atoms with Crippen LogP contribution in [-0.2, 0) is 14.3 Å². The van der Waals surface area contributed by atoms with E-state index in [2.05, 4.69) is 5.32 Å². The van der Waals surface area contributed by atoms with Gasteiger partial charge in [0.05, 0.1) is 27.9 Å². The third kappa shape index (κ3) is 6.38. The molecule has 1 aliphatic rings. The van der Waals surface area contributed by atoms with E-state index in [0.29, 0.717) is 42.2 Å². The largest absolute Gasteiger partial charge is 0.493 e. The third-order valence-corrected chi connectivity index (χ3v) is 4.67. The minimum absolute atomic E-state index is 0.257. The number of hydrogen-bond acceptors (Lipinski definition) is 9. The maximum absolute atomic E-state index is 12.8. The first-order valence-corrected chi connectivity index (χ1v) is 9.78. The van der Waals surface area contributed by atoms with E-state index in [1.807, 2.05) is 0 Å². The summed E-state index contributed by atoms with van der Waals surface area (Å²) in [5.74, 6) is 0.0977. The van der Waals surface area contributed by atoms with E-state index in [9.17, 15) is 14.4 Å². The van der Waals surface area contributed by atoms with E-state index in [1.54, 1.807) is 12.1 Å². The molecule has 1 aromatic carbocycles. The number of carbonyl (C=O) groups is 3. The molecule has 1 fully saturated rings. The van der Waals surface area contributed by atoms with E-state index >= 15 is 0 Å². The second-order valence-electron chi connectivity index (χ2n) is 6.82. The van der Waals surface area contributed by atoms with Crippen LogP contribution >= 0.6 is 0 Å². The Morgan fingerprint density at radius 1 is 1.13 bits per heavy atom. The predicted octanol–water partition coefficient (Wildman–Crippen LogP) is 0.891. The molecule has 172 valence electrons. The highest BCUT2D eigenvalue weighted by Crippen LogP contribution is 2.38. The number of ether oxygens (including phenoxy) is 5. The number of methoxy groups -OCH3 is 3. The van der Waals surface area contributed by atoms with Crippen molar-refractivity contribution in [1.29, 1.82) is 0 Å². The maximum atomic E-state index is 12.8. The zero-order chi connectivity index (χ0) is 23.0. The highest BCUT2D eigenvalue weighted by Gasteiger charge is 2.28. The molecule has 1 saturated heterocycles. The Morgan fingerprint density at radius 2 is 1.77 bits per heavy atom. The summed E-state index contributed by atoms with van der Waals surface area (Å²) in [5, 5.41) is 2.91. The molecule has 2 unspecified atom stereocenters. The van der Waals surface area contributed by atoms with Crippen molar-refractivity contribution in [2.24, 2.45) is 5.73 Å². The molecule has 0 aliphatic carbocycles. The number of piperidine rings is 1. The van der Waals surface area contributed by atoms with Crippen LogP contribution in [0.25, 0.3) is 0 Å². The number of hydrogen-bond donors (Lipinski definition) is 2. The molecule has 0 saturated carbocycles. The molecule has 2 atom stereocenters. The summed E-state index contributed by atoms with van der Waals surface area (Å²) in [6, 6.07) is 2.83. The van der Waals surface area contributed by atoms with Crippen LogP contribution in [0.4, 0.5) is 4.79 Å². The molecule has 31 heavy (non-hydrogen) atoms. The molecule has 0 aromatic heterocycles. The Morgan fingerprint density at radius 3 is 2.32 bits per heavy atom. The summed E-state index contributed by atoms with van der Waals surface area (Å²) in [5.41, 5.74) is 5.50. The van der Waals surface area contributed by atoms with Crippen molar-refractivity contribution in [1.82, 2.24) is 10.2 Å². The SMILES string of the molecule is COc1cc(C(=O)NC2CCCN(C(=O)OC(C)OC(=O)CN)C2)cc(OC)c1OC. The standard InChI is InChI=1S/C20H29N3O8/c1-12(30-17(24)10-21)31-20(26)23-7-5-6-14(11-23)22-19(25)13-8-15(27-2)18(29-4)16(9-13)28-3/h8-9,12,14H,5-7,10-11,21H2,1-4H3,(H,22,25). The summed E-state index contributed by atoms with van der Waals surface area (Å²) in [6.07, 6.45) is -0.328. The highest BCUT2D eigenvalue weighted by molar-refractivity contribution is 5.96. The Kier molecular flexibility index (Phi) is 8.74. The summed E-state index contributed by atoms with van der Waals surface area (Å²) in [4.78, 5) is 37.8. The van der Waals surface area contributed by atoms with Crippen LogP contribution in [0.3, 0.4) is 0 Å². The maximum Gasteiger partial charge on any atom is 0.412 e. The van der Waals surface area contributed by atoms with Crippen molar-refractivity contribution < 1.29 is 38.1 Å². The van der Waals surface area contributed by atoms with Crippen molar-refractivity contribution in [3.05, 3.63) is 17.7 Å². The lowest BCUT2D eigenvalue weighted by Gasteiger charge is -2.33. The van der Waals surface area contributed by atoms with Gasteiger partial charge in [0, 0.05) is 31.6 Å². The molecule has 1 heterocycles. The van der Waals surface area contributed by atoms with Crippen molar-refractivity contribution in [3.8, 4) is 17.2 Å². The van der Waals surface area contributed by atoms with Crippen LogP contribution in [0.2, 0.25) is 0 Å². The van der Waals surface area contributed by atoms with Gasteiger partial charge < -0.3 is 39.6 Å². The number of nitrogens with two attached hydrogens (primary N) is 1. The van der Waals surface area contributed by atoms with Gasteiger partial charge in [-0.25, -0.2) is 4.79 Å². The van der Waals surface area contributed by atoms with Gasteiger partial charge in [-0.05, 0) is 25.0 Å². The van der Waals surface area contributed by atoms with E-state index < -0.39 is 18.4 Å². The van der Waals surface area contributed by atoms with Crippen molar-refractivity contribution in [2.45, 2.75) is 32.1 Å². The topological polar surface area (TPSA) is 139 Å². The zero-order valence-electron chi connectivity index (χ0n) is 18.1. The molecule has 0 spiro atoms. The number of carbonyl (C=O) groups excluding carboxylic acids is 3. The van der Waals surface area contributed by atoms with Gasteiger partial charge in [0.1, 0.15) is 0 Å². The van der Waals surface area contributed by atoms with Crippen LogP contribution < -0.4 is 25.3 Å². The normalized spacial score (nSPS) is 16.7. The van der Waals surface area contributed by atoms with Gasteiger partial charge in [-0.1, -0.05) is 0 Å². The molecular weight excluding hydrogens is 410 g/mol. The van der Waals surface area contributed by atoms with Gasteiger partial charge >= 0.3 is 12.1 Å². The lowest BCUT2D eigenvalue weighted by Crippen LogP contribution is -2.50. The molecular formula is C20H29N3O8. The molecule has 3 N–H and O–H groups in total. The summed E-state index contributed by atoms with van der Waals surface area (Å²) >= 11 is 0. The van der Waals surface area contributed by atoms with Crippen molar-refractivity contribution >= 4 is 18.0 Å². The summed E-state index contributed by atoms with van der Waals surface area (Å²) in [6.45, 7) is 1.85. The van der Waals surface area contributed by atoms with E-state index in [0.717, 1.165) is 0 Å². The Balaban J connectivity index is 2.01. The molecule has 11 heteroatoms. The smallest absolute Gasteiger partial charge is 0.412 e. The quantitative estimate of drug-likeness (QED) is 0.446. The summed E-state index contributed by atoms with van der Waals surface area (Å²) < 4.78 is 25.8. The average Bonchev–Trinajstić information content (AvgIpc) is 2.77. The number of rotatable bonds is 8. The van der Waals surface area contributed by atoms with Gasteiger partial charge in [-0.2, -0.15) is 0 Å². The fourth-order valence-electron chi connectivity index (χ4n) is 3.22. The number of benzene rings is 1. The summed E-state index contributed by atoms with van der Waals surface area (Å²) in [7, 11) is 4.42. The highest BCUT2D eigenvalue weighted by atomic mass is 16.7. The van der Waals surface area contributed by atoms with Gasteiger partial charge in [0.25, 0.3) is 5.91 Å². The molecule has 11 nitrogen and oxygen atoms in total. The second-order valence-corrected chi connectivity index (χ2v) is 6.82. The molecule has 2 amide bonds. The van der Waals surface area contributed by atoms with E-state index in [4.69, 9.17) is 29.4 Å². The van der Waals surface area contributed by atoms with Gasteiger partial charge in [0.15, 0.2) is 11.5 Å². The fourth-order valence-corrected chi connectivity index (χ4v) is 3.22. The van der Waals surface area contributed by atoms with Crippen molar-refractivity contribution in [3.63, 3.8) is 0 Å². The lowest BCUT2D eigenvalue weighted by atomic mass is 10.1. The fraction of sp³-hybridized carbons (Fsp3) is 0.550. The number of amides is 2. The van der Waals surface area contributed by atoms with Crippen molar-refractivity contribution in [2.75, 3.05) is 41.0 Å². The van der Waals surface area contributed by atoms with E-state index in [-0.39, 0.29) is 25.0 Å². The number of likely N-dealkylation sites (tertiary alicyclic amines) is 1. The van der Waals surface area contributed by atoms with Crippen LogP contribution in [0.15, 0.2) is 12.1 Å². The van der Waals surface area contributed by atoms with Gasteiger partial charge in [0.2, 0.25) is 12.0 Å². The first kappa shape index (κ1) is 24.1. The third-order valence-electron chi connectivity index (χ3n) is 4.67. The number of nitrogens with zero attached hydrogens (tertiary/aromatic N) is 1. The predicted molar refractivity (Wildman–Crippen MR) is 109 cm³/mol. The molecule has 0 bridgehead atoms. The van der Waals surface area contributed by atoms with Crippen LogP contribution in [-0.4, -0.2) is 76.2 Å². The Bertz CT molecular complexity index is 776. The molecule has 1 aliphatic heterocycles. The second kappa shape index (κ2) is 11.3. The van der Waals surface area contributed by atoms with Gasteiger partial charge in [-0.3, -0.25) is 9.59 Å². The van der Waals surface area contributed by atoms with E-state index in [1.165, 1.54) is 33.2 Å². The first-order chi connectivity index (χ1) is 14.8. The van der Waals surface area contributed by atoms with Crippen LogP contribution in [0.1, 0.15) is 30.1 Å². The molecule has 2 rings (SSSR count). The average molecular weight is 439 g/mol. The Labute approximate surface area is 180 Å². The first-order valence-electron chi connectivity index (χ1n) is 9.78. The van der Waals surface area contributed by atoms with Crippen LogP contribution in [0, 0.1) is 0 Å². The molecule has 1 aromatic rings.